The molecule has 4 aromatic rings. The Hall–Kier alpha value is -3.03. The number of piperidine rings is 1. The fraction of sp³-hybridized carbons (Fsp3) is 0.269. The highest BCUT2D eigenvalue weighted by atomic mass is 35.5. The molecule has 1 unspecified atom stereocenters. The molecule has 0 bridgehead atoms. The van der Waals surface area contributed by atoms with Gasteiger partial charge in [0.05, 0.1) is 12.1 Å². The van der Waals surface area contributed by atoms with Gasteiger partial charge in [0.1, 0.15) is 13.7 Å². The summed E-state index contributed by atoms with van der Waals surface area (Å²) in [5, 5.41) is 9.42. The van der Waals surface area contributed by atoms with Gasteiger partial charge in [-0.2, -0.15) is 9.61 Å². The van der Waals surface area contributed by atoms with Crippen LogP contribution >= 0.6 is 23.2 Å². The Labute approximate surface area is 215 Å². The second kappa shape index (κ2) is 10.3. The van der Waals surface area contributed by atoms with Gasteiger partial charge in [-0.3, -0.25) is 4.79 Å². The highest BCUT2D eigenvalue weighted by Crippen LogP contribution is 2.28. The van der Waals surface area contributed by atoms with Gasteiger partial charge in [-0.25, -0.2) is 4.98 Å². The van der Waals surface area contributed by atoms with Crippen LogP contribution in [0.4, 0.5) is 5.82 Å². The van der Waals surface area contributed by atoms with Crippen LogP contribution in [0.2, 0.25) is 10.0 Å². The molecule has 1 aliphatic heterocycles. The zero-order chi connectivity index (χ0) is 24.4. The van der Waals surface area contributed by atoms with E-state index < -0.39 is 0 Å². The summed E-state index contributed by atoms with van der Waals surface area (Å²) in [6.45, 7) is 2.27. The molecule has 1 fully saturated rings. The van der Waals surface area contributed by atoms with Gasteiger partial charge in [-0.15, -0.1) is 0 Å². The molecule has 35 heavy (non-hydrogen) atoms. The van der Waals surface area contributed by atoms with E-state index >= 15 is 0 Å². The molecule has 1 aliphatic rings. The summed E-state index contributed by atoms with van der Waals surface area (Å²) in [5.41, 5.74) is 4.43. The maximum absolute atomic E-state index is 12.9. The molecule has 1 saturated heterocycles. The summed E-state index contributed by atoms with van der Waals surface area (Å²) in [6, 6.07) is 17.2. The molecule has 0 radical (unpaired) electrons. The lowest BCUT2D eigenvalue weighted by Crippen LogP contribution is -2.42. The maximum Gasteiger partial charge on any atom is 0.227 e. The monoisotopic (exact) mass is 505 g/mol. The van der Waals surface area contributed by atoms with E-state index in [1.807, 2.05) is 78.1 Å². The van der Waals surface area contributed by atoms with Crippen molar-refractivity contribution < 1.29 is 4.79 Å². The van der Waals surface area contributed by atoms with E-state index in [0.29, 0.717) is 22.4 Å². The molecule has 5 rings (SSSR count). The van der Waals surface area contributed by atoms with Crippen molar-refractivity contribution >= 4 is 53.9 Å². The normalized spacial score (nSPS) is 15.9. The van der Waals surface area contributed by atoms with Crippen LogP contribution in [0, 0.1) is 5.92 Å². The molecule has 0 saturated carbocycles. The topological polar surface area (TPSA) is 62.5 Å². The molecule has 2 aromatic carbocycles. The first-order valence-electron chi connectivity index (χ1n) is 11.8. The first-order valence-corrected chi connectivity index (χ1v) is 12.6. The lowest BCUT2D eigenvalue weighted by molar-refractivity contribution is -0.132. The van der Waals surface area contributed by atoms with Crippen molar-refractivity contribution in [1.29, 1.82) is 0 Å². The van der Waals surface area contributed by atoms with Crippen molar-refractivity contribution in [2.24, 2.45) is 5.92 Å². The summed E-state index contributed by atoms with van der Waals surface area (Å²) in [7, 11) is 2.00. The summed E-state index contributed by atoms with van der Waals surface area (Å²) < 4.78 is 1.83. The number of amides is 1. The summed E-state index contributed by atoms with van der Waals surface area (Å²) >= 11 is 12.5. The molecule has 2 aromatic heterocycles. The van der Waals surface area contributed by atoms with Gasteiger partial charge in [0, 0.05) is 47.5 Å². The van der Waals surface area contributed by atoms with E-state index in [0.717, 1.165) is 66.2 Å². The number of hydrogen-bond donors (Lipinski definition) is 1. The minimum Gasteiger partial charge on any atom is -0.370 e. The van der Waals surface area contributed by atoms with Crippen LogP contribution in [-0.2, 0) is 11.2 Å². The van der Waals surface area contributed by atoms with Gasteiger partial charge in [0.25, 0.3) is 0 Å². The first kappa shape index (κ1) is 23.7. The maximum atomic E-state index is 12.9. The number of carbonyl (C=O) groups is 1. The minimum absolute atomic E-state index is 0.145. The minimum atomic E-state index is 0.145. The average molecular weight is 506 g/mol. The third-order valence-corrected chi connectivity index (χ3v) is 7.05. The quantitative estimate of drug-likeness (QED) is 0.404. The van der Waals surface area contributed by atoms with Crippen molar-refractivity contribution in [3.8, 4) is 11.3 Å². The van der Waals surface area contributed by atoms with Crippen molar-refractivity contribution in [1.82, 2.24) is 19.5 Å². The fourth-order valence-corrected chi connectivity index (χ4v) is 5.09. The number of carbonyl (C=O) groups excluding carboxylic acids is 1. The molecule has 1 N–H and O–H groups in total. The molecule has 3 heterocycles. The molecule has 1 atom stereocenters. The van der Waals surface area contributed by atoms with E-state index in [9.17, 15) is 4.79 Å². The van der Waals surface area contributed by atoms with Crippen molar-refractivity contribution in [2.45, 2.75) is 19.3 Å². The van der Waals surface area contributed by atoms with Crippen molar-refractivity contribution in [3.63, 3.8) is 0 Å². The first-order chi connectivity index (χ1) is 17.0. The zero-order valence-corrected chi connectivity index (χ0v) is 21.1. The Bertz CT molecular complexity index is 1380. The molecular formula is C26H26BCl2N5O. The largest absolute Gasteiger partial charge is 0.370 e. The number of nitrogens with zero attached hydrogens (tertiary/aromatic N) is 4. The van der Waals surface area contributed by atoms with Gasteiger partial charge in [-0.05, 0) is 48.0 Å². The number of likely N-dealkylation sites (tertiary alicyclic amines) is 1. The highest BCUT2D eigenvalue weighted by Gasteiger charge is 2.24. The van der Waals surface area contributed by atoms with Gasteiger partial charge in [0.15, 0.2) is 5.65 Å². The number of halogens is 2. The van der Waals surface area contributed by atoms with E-state index in [1.165, 1.54) is 0 Å². The summed E-state index contributed by atoms with van der Waals surface area (Å²) in [5.74, 6) is 1.35. The third-order valence-electron chi connectivity index (χ3n) is 6.49. The van der Waals surface area contributed by atoms with E-state index in [1.54, 1.807) is 0 Å². The van der Waals surface area contributed by atoms with Crippen LogP contribution in [0.25, 0.3) is 16.9 Å². The van der Waals surface area contributed by atoms with Crippen LogP contribution in [0.5, 0.6) is 0 Å². The highest BCUT2D eigenvalue weighted by molar-refractivity contribution is 6.36. The molecule has 1 amide bonds. The SMILES string of the molecule is Bc1cnn2c(NCC3CCCN(C(=O)Cc4cccc(Cl)c4)C3)cc(-c3ccccc3Cl)nc12. The van der Waals surface area contributed by atoms with Gasteiger partial charge >= 0.3 is 0 Å². The molecule has 9 heteroatoms. The van der Waals surface area contributed by atoms with Gasteiger partial charge in [-0.1, -0.05) is 53.5 Å². The molecule has 178 valence electrons. The molecule has 0 spiro atoms. The second-order valence-corrected chi connectivity index (χ2v) is 9.95. The van der Waals surface area contributed by atoms with Crippen molar-refractivity contribution in [3.05, 3.63) is 76.4 Å². The third kappa shape index (κ3) is 5.31. The van der Waals surface area contributed by atoms with Crippen molar-refractivity contribution in [2.75, 3.05) is 25.0 Å². The Balaban J connectivity index is 1.31. The molecular weight excluding hydrogens is 480 g/mol. The second-order valence-electron chi connectivity index (χ2n) is 9.11. The number of aromatic nitrogens is 3. The van der Waals surface area contributed by atoms with Gasteiger partial charge < -0.3 is 10.2 Å². The number of fused-ring (bicyclic) bond motifs is 1. The molecule has 6 nitrogen and oxygen atoms in total. The predicted octanol–water partition coefficient (Wildman–Crippen LogP) is 3.85. The Morgan fingerprint density at radius 2 is 2.00 bits per heavy atom. The van der Waals surface area contributed by atoms with Crippen LogP contribution in [0.3, 0.4) is 0 Å². The zero-order valence-electron chi connectivity index (χ0n) is 19.5. The van der Waals surface area contributed by atoms with Gasteiger partial charge in [0.2, 0.25) is 5.91 Å². The summed E-state index contributed by atoms with van der Waals surface area (Å²) in [4.78, 5) is 19.7. The lowest BCUT2D eigenvalue weighted by Gasteiger charge is -2.33. The average Bonchev–Trinajstić information content (AvgIpc) is 3.24. The Morgan fingerprint density at radius 3 is 2.83 bits per heavy atom. The Morgan fingerprint density at radius 1 is 1.14 bits per heavy atom. The van der Waals surface area contributed by atoms with Crippen LogP contribution in [-0.4, -0.2) is 52.9 Å². The smallest absolute Gasteiger partial charge is 0.227 e. The van der Waals surface area contributed by atoms with E-state index in [4.69, 9.17) is 28.2 Å². The predicted molar refractivity (Wildman–Crippen MR) is 145 cm³/mol. The fourth-order valence-electron chi connectivity index (χ4n) is 4.65. The van der Waals surface area contributed by atoms with Crippen LogP contribution in [0.1, 0.15) is 18.4 Å². The molecule has 0 aliphatic carbocycles. The van der Waals surface area contributed by atoms with Crippen LogP contribution < -0.4 is 10.8 Å². The number of benzene rings is 2. The Kier molecular flexibility index (Phi) is 6.98. The van der Waals surface area contributed by atoms with Crippen LogP contribution in [0.15, 0.2) is 60.8 Å². The van der Waals surface area contributed by atoms with E-state index in [-0.39, 0.29) is 5.91 Å². The number of hydrogen-bond acceptors (Lipinski definition) is 4. The standard InChI is InChI=1S/C26H26BCl2N5O/c27-21-15-31-34-24(13-23(32-26(21)34)20-8-1-2-9-22(20)29)30-14-18-6-4-10-33(16-18)25(35)12-17-5-3-7-19(28)11-17/h1-3,5,7-9,11,13,15,18,30H,4,6,10,12,14,16,27H2. The number of anilines is 1. The lowest BCUT2D eigenvalue weighted by atomic mass is 9.97. The van der Waals surface area contributed by atoms with E-state index in [2.05, 4.69) is 10.4 Å². The number of nitrogens with one attached hydrogen (secondary N) is 1. The number of rotatable bonds is 6. The summed E-state index contributed by atoms with van der Waals surface area (Å²) in [6.07, 6.45) is 4.25.